The molecule has 0 heterocycles. The average Bonchev–Trinajstić information content (AvgIpc) is 2.85. The van der Waals surface area contributed by atoms with E-state index in [-0.39, 0.29) is 35.2 Å². The minimum atomic E-state index is -0.367. The summed E-state index contributed by atoms with van der Waals surface area (Å²) in [6, 6.07) is 6.88. The highest BCUT2D eigenvalue weighted by Gasteiger charge is 2.22. The van der Waals surface area contributed by atoms with Crippen LogP contribution in [0.15, 0.2) is 29.4 Å². The second-order valence-corrected chi connectivity index (χ2v) is 9.03. The molecule has 0 bridgehead atoms. The molecule has 1 aliphatic carbocycles. The van der Waals surface area contributed by atoms with Crippen molar-refractivity contribution in [3.8, 4) is 0 Å². The van der Waals surface area contributed by atoms with E-state index in [9.17, 15) is 14.4 Å². The molecule has 2 rings (SSSR count). The van der Waals surface area contributed by atoms with Crippen LogP contribution < -0.4 is 5.32 Å². The van der Waals surface area contributed by atoms with Crippen LogP contribution in [0.1, 0.15) is 108 Å². The molecule has 1 aromatic carbocycles. The molecule has 0 spiro atoms. The van der Waals surface area contributed by atoms with Crippen LogP contribution in [0.2, 0.25) is 0 Å². The molecule has 0 saturated heterocycles. The summed E-state index contributed by atoms with van der Waals surface area (Å²) < 4.78 is 0. The van der Waals surface area contributed by atoms with Gasteiger partial charge in [-0.3, -0.25) is 9.59 Å². The Morgan fingerprint density at radius 2 is 1.67 bits per heavy atom. The van der Waals surface area contributed by atoms with Crippen LogP contribution >= 0.6 is 0 Å². The van der Waals surface area contributed by atoms with Gasteiger partial charge in [0, 0.05) is 17.2 Å². The third-order valence-electron chi connectivity index (χ3n) is 6.40. The summed E-state index contributed by atoms with van der Waals surface area (Å²) in [5.41, 5.74) is 1.41. The third kappa shape index (κ3) is 8.75. The first-order valence-electron chi connectivity index (χ1n) is 12.7. The van der Waals surface area contributed by atoms with Gasteiger partial charge < -0.3 is 10.2 Å². The largest absolute Gasteiger partial charge is 0.338 e. The van der Waals surface area contributed by atoms with Crippen molar-refractivity contribution in [3.05, 3.63) is 29.8 Å². The predicted molar refractivity (Wildman–Crippen MR) is 132 cm³/mol. The summed E-state index contributed by atoms with van der Waals surface area (Å²) in [6.07, 6.45) is 10.9. The van der Waals surface area contributed by atoms with E-state index in [0.717, 1.165) is 57.8 Å². The summed E-state index contributed by atoms with van der Waals surface area (Å²) in [6.45, 7) is 6.09. The van der Waals surface area contributed by atoms with E-state index in [4.69, 9.17) is 4.84 Å². The zero-order valence-electron chi connectivity index (χ0n) is 20.5. The molecule has 6 heteroatoms. The maximum atomic E-state index is 13.0. The topological polar surface area (TPSA) is 84.8 Å². The Morgan fingerprint density at radius 3 is 2.27 bits per heavy atom. The first-order valence-corrected chi connectivity index (χ1v) is 12.7. The smallest absolute Gasteiger partial charge is 0.326 e. The second kappa shape index (κ2) is 14.6. The van der Waals surface area contributed by atoms with Crippen LogP contribution in [0.25, 0.3) is 0 Å². The Morgan fingerprint density at radius 1 is 1.00 bits per heavy atom. The number of carbonyl (C=O) groups is 3. The first-order chi connectivity index (χ1) is 16.0. The summed E-state index contributed by atoms with van der Waals surface area (Å²) in [5.74, 6) is -0.675. The molecule has 0 aromatic heterocycles. The minimum Gasteiger partial charge on any atom is -0.326 e. The standard InChI is InChI=1S/C27H40N2O4/c1-4-7-12-20(6-3)27(32)33-29-24(15-8-5-2)25(30)21-16-18-23(19-17-21)28-26(31)22-13-10-9-11-14-22/h16-20,22H,4-15H2,1-3H3,(H,28,31)/b29-24+. The number of nitrogens with one attached hydrogen (secondary N) is 1. The van der Waals surface area contributed by atoms with Crippen molar-refractivity contribution in [3.63, 3.8) is 0 Å². The van der Waals surface area contributed by atoms with Crippen LogP contribution in [0, 0.1) is 11.8 Å². The molecular formula is C27H40N2O4. The Kier molecular flexibility index (Phi) is 11.8. The average molecular weight is 457 g/mol. The highest BCUT2D eigenvalue weighted by atomic mass is 16.7. The van der Waals surface area contributed by atoms with Crippen LogP contribution in [0.3, 0.4) is 0 Å². The molecule has 1 fully saturated rings. The van der Waals surface area contributed by atoms with Crippen molar-refractivity contribution < 1.29 is 19.2 Å². The van der Waals surface area contributed by atoms with E-state index in [1.165, 1.54) is 6.42 Å². The normalized spacial score (nSPS) is 15.7. The summed E-state index contributed by atoms with van der Waals surface area (Å²) in [7, 11) is 0. The Bertz CT molecular complexity index is 795. The van der Waals surface area contributed by atoms with E-state index in [1.807, 2.05) is 13.8 Å². The minimum absolute atomic E-state index is 0.0550. The maximum Gasteiger partial charge on any atom is 0.338 e. The molecule has 182 valence electrons. The van der Waals surface area contributed by atoms with Gasteiger partial charge >= 0.3 is 5.97 Å². The van der Waals surface area contributed by atoms with E-state index in [2.05, 4.69) is 17.4 Å². The summed E-state index contributed by atoms with van der Waals surface area (Å²) in [4.78, 5) is 43.1. The molecule has 1 atom stereocenters. The number of hydrogen-bond donors (Lipinski definition) is 1. The van der Waals surface area contributed by atoms with Crippen LogP contribution in [0.4, 0.5) is 5.69 Å². The molecule has 6 nitrogen and oxygen atoms in total. The van der Waals surface area contributed by atoms with Gasteiger partial charge in [0.25, 0.3) is 0 Å². The third-order valence-corrected chi connectivity index (χ3v) is 6.40. The maximum absolute atomic E-state index is 13.0. The first kappa shape index (κ1) is 26.7. The number of Topliss-reactive ketones (excluding diaryl/α,β-unsaturated/α-hetero) is 1. The fraction of sp³-hybridized carbons (Fsp3) is 0.630. The van der Waals surface area contributed by atoms with Crippen molar-refractivity contribution in [2.24, 2.45) is 17.0 Å². The molecule has 1 aromatic rings. The van der Waals surface area contributed by atoms with Gasteiger partial charge in [0.15, 0.2) is 0 Å². The number of amides is 1. The van der Waals surface area contributed by atoms with Crippen LogP contribution in [-0.2, 0) is 14.4 Å². The second-order valence-electron chi connectivity index (χ2n) is 9.03. The molecule has 1 N–H and O–H groups in total. The summed E-state index contributed by atoms with van der Waals surface area (Å²) >= 11 is 0. The summed E-state index contributed by atoms with van der Waals surface area (Å²) in [5, 5.41) is 6.96. The van der Waals surface area contributed by atoms with Gasteiger partial charge in [-0.05, 0) is 62.8 Å². The van der Waals surface area contributed by atoms with E-state index < -0.39 is 0 Å². The number of nitrogens with zero attached hydrogens (tertiary/aromatic N) is 1. The van der Waals surface area contributed by atoms with Crippen molar-refractivity contribution in [1.29, 1.82) is 0 Å². The lowest BCUT2D eigenvalue weighted by molar-refractivity contribution is -0.149. The van der Waals surface area contributed by atoms with Gasteiger partial charge in [-0.2, -0.15) is 0 Å². The number of unbranched alkanes of at least 4 members (excludes halogenated alkanes) is 2. The lowest BCUT2D eigenvalue weighted by Gasteiger charge is -2.20. The van der Waals surface area contributed by atoms with Crippen molar-refractivity contribution in [2.45, 2.75) is 97.8 Å². The van der Waals surface area contributed by atoms with Crippen molar-refractivity contribution in [2.75, 3.05) is 5.32 Å². The lowest BCUT2D eigenvalue weighted by atomic mass is 9.88. The highest BCUT2D eigenvalue weighted by Crippen LogP contribution is 2.25. The SMILES string of the molecule is CCCC/C(=N\OC(=O)C(CC)CCCC)C(=O)c1ccc(NC(=O)C2CCCCC2)cc1. The monoisotopic (exact) mass is 456 g/mol. The molecule has 33 heavy (non-hydrogen) atoms. The molecule has 0 aliphatic heterocycles. The highest BCUT2D eigenvalue weighted by molar-refractivity contribution is 6.45. The Hall–Kier alpha value is -2.50. The van der Waals surface area contributed by atoms with Gasteiger partial charge in [0.2, 0.25) is 11.7 Å². The van der Waals surface area contributed by atoms with Gasteiger partial charge in [0.05, 0.1) is 5.92 Å². The van der Waals surface area contributed by atoms with Crippen LogP contribution in [0.5, 0.6) is 0 Å². The van der Waals surface area contributed by atoms with Gasteiger partial charge in [-0.15, -0.1) is 0 Å². The molecule has 1 unspecified atom stereocenters. The fourth-order valence-electron chi connectivity index (χ4n) is 4.14. The van der Waals surface area contributed by atoms with Crippen LogP contribution in [-0.4, -0.2) is 23.4 Å². The molecular weight excluding hydrogens is 416 g/mol. The van der Waals surface area contributed by atoms with Gasteiger partial charge in [0.1, 0.15) is 5.71 Å². The number of hydrogen-bond acceptors (Lipinski definition) is 5. The molecule has 1 saturated carbocycles. The molecule has 1 amide bonds. The lowest BCUT2D eigenvalue weighted by Crippen LogP contribution is -2.24. The van der Waals surface area contributed by atoms with Crippen molar-refractivity contribution >= 4 is 29.1 Å². The number of ketones is 1. The number of anilines is 1. The predicted octanol–water partition coefficient (Wildman–Crippen LogP) is 6.69. The number of carbonyl (C=O) groups excluding carboxylic acids is 3. The Balaban J connectivity index is 2.04. The molecule has 1 aliphatic rings. The zero-order chi connectivity index (χ0) is 24.1. The Labute approximate surface area is 198 Å². The number of benzene rings is 1. The quantitative estimate of drug-likeness (QED) is 0.155. The number of rotatable bonds is 13. The van der Waals surface area contributed by atoms with E-state index >= 15 is 0 Å². The molecule has 0 radical (unpaired) electrons. The fourth-order valence-corrected chi connectivity index (χ4v) is 4.14. The van der Waals surface area contributed by atoms with E-state index in [0.29, 0.717) is 24.1 Å². The zero-order valence-corrected chi connectivity index (χ0v) is 20.5. The van der Waals surface area contributed by atoms with Gasteiger partial charge in [-0.1, -0.05) is 64.5 Å². The van der Waals surface area contributed by atoms with Crippen molar-refractivity contribution in [1.82, 2.24) is 0 Å². The number of oxime groups is 1. The van der Waals surface area contributed by atoms with E-state index in [1.54, 1.807) is 24.3 Å². The van der Waals surface area contributed by atoms with Gasteiger partial charge in [-0.25, -0.2) is 4.79 Å².